The highest BCUT2D eigenvalue weighted by Crippen LogP contribution is 2.28. The molecule has 2 N–H and O–H groups in total. The van der Waals surface area contributed by atoms with Gasteiger partial charge in [-0.2, -0.15) is 0 Å². The van der Waals surface area contributed by atoms with E-state index in [1.807, 2.05) is 43.3 Å². The second-order valence-corrected chi connectivity index (χ2v) is 6.39. The number of aryl methyl sites for hydroxylation is 1. The van der Waals surface area contributed by atoms with Crippen molar-refractivity contribution in [1.29, 1.82) is 0 Å². The molecule has 1 aromatic carbocycles. The normalized spacial score (nSPS) is 17.2. The lowest BCUT2D eigenvalue weighted by molar-refractivity contribution is -0.139. The zero-order valence-corrected chi connectivity index (χ0v) is 15.8. The summed E-state index contributed by atoms with van der Waals surface area (Å²) in [5, 5.41) is 5.59. The molecular formula is C21H28N2O3. The highest BCUT2D eigenvalue weighted by Gasteiger charge is 2.32. The van der Waals surface area contributed by atoms with Gasteiger partial charge in [-0.05, 0) is 38.3 Å². The summed E-state index contributed by atoms with van der Waals surface area (Å²) in [6.45, 7) is 6.21. The number of nitrogens with one attached hydrogen (secondary N) is 2. The van der Waals surface area contributed by atoms with E-state index in [1.165, 1.54) is 0 Å². The van der Waals surface area contributed by atoms with Crippen molar-refractivity contribution in [3.05, 3.63) is 58.8 Å². The Balaban J connectivity index is 2.37. The summed E-state index contributed by atoms with van der Waals surface area (Å²) < 4.78 is 5.25. The van der Waals surface area contributed by atoms with Crippen molar-refractivity contribution in [3.63, 3.8) is 0 Å². The smallest absolute Gasteiger partial charge is 0.338 e. The predicted octanol–water partition coefficient (Wildman–Crippen LogP) is 4.30. The van der Waals surface area contributed by atoms with Crippen LogP contribution in [-0.2, 0) is 9.53 Å². The second kappa shape index (κ2) is 9.80. The number of carbonyl (C=O) groups is 2. The Kier molecular flexibility index (Phi) is 7.45. The monoisotopic (exact) mass is 356 g/mol. The Bertz CT molecular complexity index is 690. The van der Waals surface area contributed by atoms with E-state index < -0.39 is 12.0 Å². The van der Waals surface area contributed by atoms with E-state index in [0.717, 1.165) is 36.8 Å². The molecule has 1 aliphatic heterocycles. The number of benzene rings is 1. The number of rotatable bonds is 8. The Morgan fingerprint density at radius 1 is 1.19 bits per heavy atom. The lowest BCUT2D eigenvalue weighted by Gasteiger charge is -2.28. The van der Waals surface area contributed by atoms with Gasteiger partial charge in [0, 0.05) is 0 Å². The first-order valence-corrected chi connectivity index (χ1v) is 9.28. The lowest BCUT2D eigenvalue weighted by Crippen LogP contribution is -2.45. The Morgan fingerprint density at radius 2 is 1.92 bits per heavy atom. The van der Waals surface area contributed by atoms with Gasteiger partial charge in [0.25, 0.3) is 0 Å². The van der Waals surface area contributed by atoms with Crippen LogP contribution in [-0.4, -0.2) is 18.6 Å². The number of esters is 1. The molecule has 0 aromatic heterocycles. The Hall–Kier alpha value is -2.56. The van der Waals surface area contributed by atoms with Crippen molar-refractivity contribution in [3.8, 4) is 0 Å². The maximum atomic E-state index is 12.6. The van der Waals surface area contributed by atoms with Gasteiger partial charge in [-0.1, -0.05) is 55.7 Å². The topological polar surface area (TPSA) is 67.4 Å². The second-order valence-electron chi connectivity index (χ2n) is 6.39. The van der Waals surface area contributed by atoms with Gasteiger partial charge in [-0.25, -0.2) is 9.59 Å². The van der Waals surface area contributed by atoms with Crippen molar-refractivity contribution < 1.29 is 14.3 Å². The molecule has 0 fully saturated rings. The number of amides is 2. The van der Waals surface area contributed by atoms with Crippen LogP contribution in [0.2, 0.25) is 0 Å². The fourth-order valence-electron chi connectivity index (χ4n) is 2.87. The molecule has 1 aromatic rings. The predicted molar refractivity (Wildman–Crippen MR) is 103 cm³/mol. The molecule has 0 radical (unpaired) electrons. The zero-order valence-electron chi connectivity index (χ0n) is 15.8. The van der Waals surface area contributed by atoms with Gasteiger partial charge in [-0.3, -0.25) is 0 Å². The highest BCUT2D eigenvalue weighted by atomic mass is 16.5. The first-order valence-electron chi connectivity index (χ1n) is 9.28. The van der Waals surface area contributed by atoms with Crippen molar-refractivity contribution in [2.45, 2.75) is 52.5 Å². The molecule has 1 atom stereocenters. The molecule has 2 amide bonds. The molecule has 5 nitrogen and oxygen atoms in total. The van der Waals surface area contributed by atoms with Gasteiger partial charge in [0.15, 0.2) is 0 Å². The van der Waals surface area contributed by atoms with Crippen molar-refractivity contribution >= 4 is 12.0 Å². The molecule has 0 saturated heterocycles. The fraction of sp³-hybridized carbons (Fsp3) is 0.429. The maximum Gasteiger partial charge on any atom is 0.338 e. The third-order valence-corrected chi connectivity index (χ3v) is 4.27. The summed E-state index contributed by atoms with van der Waals surface area (Å²) >= 11 is 0. The van der Waals surface area contributed by atoms with Crippen LogP contribution < -0.4 is 10.6 Å². The van der Waals surface area contributed by atoms with Crippen LogP contribution in [0.5, 0.6) is 0 Å². The van der Waals surface area contributed by atoms with E-state index in [-0.39, 0.29) is 12.6 Å². The molecular weight excluding hydrogens is 328 g/mol. The highest BCUT2D eigenvalue weighted by molar-refractivity contribution is 5.95. The van der Waals surface area contributed by atoms with Crippen molar-refractivity contribution in [2.24, 2.45) is 0 Å². The molecule has 0 aliphatic carbocycles. The van der Waals surface area contributed by atoms with E-state index in [0.29, 0.717) is 11.3 Å². The first kappa shape index (κ1) is 19.8. The number of unbranched alkanes of at least 4 members (excludes halogenated alkanes) is 3. The van der Waals surface area contributed by atoms with Crippen molar-refractivity contribution in [2.75, 3.05) is 6.61 Å². The van der Waals surface area contributed by atoms with Crippen LogP contribution in [0.4, 0.5) is 4.79 Å². The van der Waals surface area contributed by atoms with Gasteiger partial charge in [0.2, 0.25) is 0 Å². The van der Waals surface area contributed by atoms with Crippen LogP contribution in [0.3, 0.4) is 0 Å². The van der Waals surface area contributed by atoms with Gasteiger partial charge in [0.1, 0.15) is 0 Å². The van der Waals surface area contributed by atoms with Gasteiger partial charge < -0.3 is 15.4 Å². The molecule has 0 saturated carbocycles. The summed E-state index contributed by atoms with van der Waals surface area (Å²) in [7, 11) is 0. The maximum absolute atomic E-state index is 12.6. The molecule has 0 spiro atoms. The van der Waals surface area contributed by atoms with Gasteiger partial charge >= 0.3 is 12.0 Å². The van der Waals surface area contributed by atoms with Gasteiger partial charge in [0.05, 0.1) is 23.9 Å². The molecule has 2 rings (SSSR count). The molecule has 1 unspecified atom stereocenters. The summed E-state index contributed by atoms with van der Waals surface area (Å²) in [4.78, 5) is 24.7. The van der Waals surface area contributed by atoms with E-state index in [4.69, 9.17) is 4.74 Å². The largest absolute Gasteiger partial charge is 0.463 e. The minimum Gasteiger partial charge on any atom is -0.463 e. The van der Waals surface area contributed by atoms with Crippen LogP contribution >= 0.6 is 0 Å². The number of hydrogen-bond acceptors (Lipinski definition) is 3. The summed E-state index contributed by atoms with van der Waals surface area (Å²) in [5.41, 5.74) is 2.91. The summed E-state index contributed by atoms with van der Waals surface area (Å²) in [5.74, 6) is -0.418. The van der Waals surface area contributed by atoms with E-state index in [2.05, 4.69) is 17.6 Å². The lowest BCUT2D eigenvalue weighted by atomic mass is 9.94. The zero-order chi connectivity index (χ0) is 18.9. The minimum atomic E-state index is -0.529. The molecule has 1 aliphatic rings. The molecule has 26 heavy (non-hydrogen) atoms. The van der Waals surface area contributed by atoms with E-state index in [9.17, 15) is 9.59 Å². The number of hydrogen-bond donors (Lipinski definition) is 2. The fourth-order valence-corrected chi connectivity index (χ4v) is 2.87. The quantitative estimate of drug-likeness (QED) is 0.539. The number of carbonyl (C=O) groups excluding carboxylic acids is 2. The average molecular weight is 356 g/mol. The van der Waals surface area contributed by atoms with Crippen LogP contribution in [0.15, 0.2) is 47.7 Å². The van der Waals surface area contributed by atoms with Crippen molar-refractivity contribution in [1.82, 2.24) is 10.6 Å². The Labute approximate surface area is 155 Å². The molecule has 1 heterocycles. The van der Waals surface area contributed by atoms with Gasteiger partial charge in [-0.15, -0.1) is 0 Å². The molecule has 5 heteroatoms. The number of ether oxygens (including phenoxy) is 1. The van der Waals surface area contributed by atoms with Crippen LogP contribution in [0.1, 0.15) is 56.7 Å². The SMILES string of the molecule is CCCCC/C=C/C1=C(C(=O)OCC)C(c2ccc(C)cc2)NC(=O)N1. The minimum absolute atomic E-state index is 0.282. The summed E-state index contributed by atoms with van der Waals surface area (Å²) in [6.07, 6.45) is 8.13. The standard InChI is InChI=1S/C21H28N2O3/c1-4-6-7-8-9-10-17-18(20(24)26-5-2)19(23-21(25)22-17)16-13-11-15(3)12-14-16/h9-14,19H,4-8H2,1-3H3,(H2,22,23,25)/b10-9+. The molecule has 0 bridgehead atoms. The summed E-state index contributed by atoms with van der Waals surface area (Å²) in [6, 6.07) is 6.93. The van der Waals surface area contributed by atoms with Crippen LogP contribution in [0.25, 0.3) is 0 Å². The van der Waals surface area contributed by atoms with Crippen LogP contribution in [0, 0.1) is 6.92 Å². The average Bonchev–Trinajstić information content (AvgIpc) is 2.62. The third-order valence-electron chi connectivity index (χ3n) is 4.27. The third kappa shape index (κ3) is 5.22. The molecule has 140 valence electrons. The number of urea groups is 1. The number of allylic oxidation sites excluding steroid dienone is 2. The first-order chi connectivity index (χ1) is 12.6. The Morgan fingerprint density at radius 3 is 2.58 bits per heavy atom. The van der Waals surface area contributed by atoms with E-state index in [1.54, 1.807) is 6.92 Å². The van der Waals surface area contributed by atoms with E-state index >= 15 is 0 Å².